The minimum Gasteiger partial charge on any atom is -0.482 e. The van der Waals surface area contributed by atoms with E-state index in [2.05, 4.69) is 4.90 Å². The normalized spacial score (nSPS) is 14.6. The number of ether oxygens (including phenoxy) is 1. The third-order valence-electron chi connectivity index (χ3n) is 5.26. The zero-order valence-electron chi connectivity index (χ0n) is 17.2. The third-order valence-corrected chi connectivity index (χ3v) is 6.26. The van der Waals surface area contributed by atoms with Crippen LogP contribution in [0.1, 0.15) is 26.6 Å². The minimum absolute atomic E-state index is 0.0846. The molecule has 0 aliphatic carbocycles. The lowest BCUT2D eigenvalue weighted by Crippen LogP contribution is -2.48. The molecule has 3 heterocycles. The molecule has 31 heavy (non-hydrogen) atoms. The number of nitrogens with zero attached hydrogens (tertiary/aromatic N) is 2. The van der Waals surface area contributed by atoms with Gasteiger partial charge in [0.1, 0.15) is 24.4 Å². The van der Waals surface area contributed by atoms with E-state index >= 15 is 0 Å². The molecule has 8 heteroatoms. The SMILES string of the molecule is Cc1ccsc1C(=O)N1CCN(Cc2cc(=O)c(OCc3ccc(F)cc3)co2)CC1. The Balaban J connectivity index is 1.29. The van der Waals surface area contributed by atoms with Crippen molar-refractivity contribution in [2.75, 3.05) is 26.2 Å². The first-order valence-electron chi connectivity index (χ1n) is 10.0. The Morgan fingerprint density at radius 3 is 2.55 bits per heavy atom. The molecule has 1 saturated heterocycles. The van der Waals surface area contributed by atoms with Crippen LogP contribution in [-0.4, -0.2) is 41.9 Å². The van der Waals surface area contributed by atoms with E-state index in [-0.39, 0.29) is 29.5 Å². The van der Waals surface area contributed by atoms with Crippen LogP contribution >= 0.6 is 11.3 Å². The van der Waals surface area contributed by atoms with Gasteiger partial charge in [-0.2, -0.15) is 0 Å². The van der Waals surface area contributed by atoms with Crippen molar-refractivity contribution in [3.05, 3.63) is 85.8 Å². The van der Waals surface area contributed by atoms with Crippen molar-refractivity contribution in [1.29, 1.82) is 0 Å². The van der Waals surface area contributed by atoms with Crippen molar-refractivity contribution in [2.24, 2.45) is 0 Å². The second kappa shape index (κ2) is 9.45. The number of carbonyl (C=O) groups is 1. The lowest BCUT2D eigenvalue weighted by molar-refractivity contribution is 0.0623. The maximum absolute atomic E-state index is 13.0. The molecule has 0 atom stereocenters. The molecule has 162 valence electrons. The first-order valence-corrected chi connectivity index (χ1v) is 10.9. The van der Waals surface area contributed by atoms with Gasteiger partial charge in [0.15, 0.2) is 0 Å². The molecule has 2 aromatic heterocycles. The molecule has 0 saturated carbocycles. The van der Waals surface area contributed by atoms with Gasteiger partial charge in [-0.25, -0.2) is 4.39 Å². The van der Waals surface area contributed by atoms with Gasteiger partial charge in [-0.05, 0) is 41.6 Å². The van der Waals surface area contributed by atoms with Gasteiger partial charge in [0.2, 0.25) is 11.2 Å². The molecular formula is C23H23FN2O4S. The third kappa shape index (κ3) is 5.21. The monoisotopic (exact) mass is 442 g/mol. The van der Waals surface area contributed by atoms with E-state index in [1.54, 1.807) is 12.1 Å². The predicted molar refractivity (Wildman–Crippen MR) is 116 cm³/mol. The van der Waals surface area contributed by atoms with E-state index < -0.39 is 0 Å². The van der Waals surface area contributed by atoms with Crippen LogP contribution in [0.3, 0.4) is 0 Å². The zero-order valence-corrected chi connectivity index (χ0v) is 18.0. The van der Waals surface area contributed by atoms with E-state index in [1.807, 2.05) is 23.3 Å². The Morgan fingerprint density at radius 2 is 1.90 bits per heavy atom. The van der Waals surface area contributed by atoms with Gasteiger partial charge in [0, 0.05) is 32.2 Å². The highest BCUT2D eigenvalue weighted by molar-refractivity contribution is 7.12. The van der Waals surface area contributed by atoms with Crippen molar-refractivity contribution >= 4 is 17.2 Å². The Kier molecular flexibility index (Phi) is 6.48. The van der Waals surface area contributed by atoms with Gasteiger partial charge in [-0.3, -0.25) is 14.5 Å². The summed E-state index contributed by atoms with van der Waals surface area (Å²) in [5.41, 5.74) is 1.52. The topological polar surface area (TPSA) is 63.0 Å². The summed E-state index contributed by atoms with van der Waals surface area (Å²) in [4.78, 5) is 29.8. The average molecular weight is 443 g/mol. The number of carbonyl (C=O) groups excluding carboxylic acids is 1. The molecule has 6 nitrogen and oxygen atoms in total. The van der Waals surface area contributed by atoms with Crippen molar-refractivity contribution in [3.63, 3.8) is 0 Å². The smallest absolute Gasteiger partial charge is 0.264 e. The standard InChI is InChI=1S/C23H23FN2O4S/c1-16-6-11-31-22(16)23(28)26-9-7-25(8-10-26)13-19-12-20(27)21(15-29-19)30-14-17-2-4-18(24)5-3-17/h2-6,11-12,15H,7-10,13-14H2,1H3. The number of hydrogen-bond donors (Lipinski definition) is 0. The van der Waals surface area contributed by atoms with Crippen LogP contribution < -0.4 is 10.2 Å². The molecule has 1 amide bonds. The predicted octanol–water partition coefficient (Wildman–Crippen LogP) is 3.69. The maximum Gasteiger partial charge on any atom is 0.264 e. The molecule has 3 aromatic rings. The van der Waals surface area contributed by atoms with Gasteiger partial charge in [-0.15, -0.1) is 11.3 Å². The summed E-state index contributed by atoms with van der Waals surface area (Å²) in [6.07, 6.45) is 1.32. The number of amides is 1. The highest BCUT2D eigenvalue weighted by Crippen LogP contribution is 2.19. The summed E-state index contributed by atoms with van der Waals surface area (Å²) in [6, 6.07) is 9.30. The zero-order chi connectivity index (χ0) is 21.8. The number of benzene rings is 1. The first-order chi connectivity index (χ1) is 15.0. The van der Waals surface area contributed by atoms with E-state index in [4.69, 9.17) is 9.15 Å². The Labute approximate surface area is 183 Å². The number of halogens is 1. The summed E-state index contributed by atoms with van der Waals surface area (Å²) in [5.74, 6) is 0.434. The second-order valence-corrected chi connectivity index (χ2v) is 8.41. The molecule has 0 spiro atoms. The van der Waals surface area contributed by atoms with E-state index in [0.717, 1.165) is 16.0 Å². The van der Waals surface area contributed by atoms with Crippen LogP contribution in [-0.2, 0) is 13.2 Å². The second-order valence-electron chi connectivity index (χ2n) is 7.49. The van der Waals surface area contributed by atoms with Crippen LogP contribution in [0.5, 0.6) is 5.75 Å². The molecule has 0 bridgehead atoms. The molecular weight excluding hydrogens is 419 g/mol. The fourth-order valence-electron chi connectivity index (χ4n) is 3.43. The van der Waals surface area contributed by atoms with E-state index in [0.29, 0.717) is 38.5 Å². The fourth-order valence-corrected chi connectivity index (χ4v) is 4.33. The van der Waals surface area contributed by atoms with Gasteiger partial charge < -0.3 is 14.1 Å². The summed E-state index contributed by atoms with van der Waals surface area (Å²) < 4.78 is 24.1. The number of rotatable bonds is 6. The lowest BCUT2D eigenvalue weighted by Gasteiger charge is -2.34. The highest BCUT2D eigenvalue weighted by Gasteiger charge is 2.24. The maximum atomic E-state index is 13.0. The lowest BCUT2D eigenvalue weighted by atomic mass is 10.2. The van der Waals surface area contributed by atoms with Crippen molar-refractivity contribution < 1.29 is 18.3 Å². The Morgan fingerprint density at radius 1 is 1.16 bits per heavy atom. The number of hydrogen-bond acceptors (Lipinski definition) is 6. The molecule has 0 radical (unpaired) electrons. The van der Waals surface area contributed by atoms with Crippen molar-refractivity contribution in [1.82, 2.24) is 9.80 Å². The quantitative estimate of drug-likeness (QED) is 0.583. The van der Waals surface area contributed by atoms with Crippen LogP contribution in [0, 0.1) is 12.7 Å². The number of thiophene rings is 1. The van der Waals surface area contributed by atoms with E-state index in [1.165, 1.54) is 35.8 Å². The van der Waals surface area contributed by atoms with Gasteiger partial charge in [-0.1, -0.05) is 12.1 Å². The number of aryl methyl sites for hydroxylation is 1. The molecule has 1 aliphatic rings. The largest absolute Gasteiger partial charge is 0.482 e. The van der Waals surface area contributed by atoms with Crippen LogP contribution in [0.25, 0.3) is 0 Å². The average Bonchev–Trinajstić information content (AvgIpc) is 3.20. The molecule has 4 rings (SSSR count). The molecule has 0 unspecified atom stereocenters. The highest BCUT2D eigenvalue weighted by atomic mass is 32.1. The van der Waals surface area contributed by atoms with Crippen LogP contribution in [0.2, 0.25) is 0 Å². The van der Waals surface area contributed by atoms with Gasteiger partial charge >= 0.3 is 0 Å². The molecule has 1 aromatic carbocycles. The summed E-state index contributed by atoms with van der Waals surface area (Å²) in [5, 5.41) is 1.94. The molecule has 0 N–H and O–H groups in total. The fraction of sp³-hybridized carbons (Fsp3) is 0.304. The summed E-state index contributed by atoms with van der Waals surface area (Å²) in [7, 11) is 0. The van der Waals surface area contributed by atoms with E-state index in [9.17, 15) is 14.0 Å². The van der Waals surface area contributed by atoms with Crippen LogP contribution in [0.15, 0.2) is 57.3 Å². The van der Waals surface area contributed by atoms with Crippen LogP contribution in [0.4, 0.5) is 4.39 Å². The Hall–Kier alpha value is -2.97. The van der Waals surface area contributed by atoms with Crippen molar-refractivity contribution in [2.45, 2.75) is 20.1 Å². The number of piperazine rings is 1. The summed E-state index contributed by atoms with van der Waals surface area (Å²) >= 11 is 1.48. The molecule has 1 fully saturated rings. The van der Waals surface area contributed by atoms with Gasteiger partial charge in [0.25, 0.3) is 5.91 Å². The minimum atomic E-state index is -0.320. The van der Waals surface area contributed by atoms with Gasteiger partial charge in [0.05, 0.1) is 11.4 Å². The first kappa shape index (κ1) is 21.3. The Bertz CT molecular complexity index is 1100. The molecule has 1 aliphatic heterocycles. The van der Waals surface area contributed by atoms with Crippen molar-refractivity contribution in [3.8, 4) is 5.75 Å². The summed E-state index contributed by atoms with van der Waals surface area (Å²) in [6.45, 7) is 5.30.